The molecule has 2 amide bonds. The van der Waals surface area contributed by atoms with Gasteiger partial charge in [-0.15, -0.1) is 0 Å². The number of rotatable bonds is 3. The van der Waals surface area contributed by atoms with Crippen molar-refractivity contribution < 1.29 is 4.79 Å². The lowest BCUT2D eigenvalue weighted by atomic mass is 10.3. The van der Waals surface area contributed by atoms with Gasteiger partial charge in [0.25, 0.3) is 0 Å². The summed E-state index contributed by atoms with van der Waals surface area (Å²) in [6.45, 7) is 2.09. The monoisotopic (exact) mass is 142 g/mol. The third kappa shape index (κ3) is 5.15. The third-order valence-corrected chi connectivity index (χ3v) is 1.01. The first kappa shape index (κ1) is 9.01. The van der Waals surface area contributed by atoms with Crippen LogP contribution in [0.25, 0.3) is 0 Å². The Labute approximate surface area is 61.5 Å². The fraction of sp³-hybridized carbons (Fsp3) is 0.571. The van der Waals surface area contributed by atoms with E-state index < -0.39 is 0 Å². The normalized spacial score (nSPS) is 9.80. The van der Waals surface area contributed by atoms with E-state index in [0.29, 0.717) is 0 Å². The first-order chi connectivity index (χ1) is 4.81. The Morgan fingerprint density at radius 3 is 2.80 bits per heavy atom. The van der Waals surface area contributed by atoms with Crippen LogP contribution in [0.3, 0.4) is 0 Å². The summed E-state index contributed by atoms with van der Waals surface area (Å²) >= 11 is 0. The first-order valence-corrected chi connectivity index (χ1v) is 3.44. The molecule has 2 N–H and O–H groups in total. The van der Waals surface area contributed by atoms with Crippen LogP contribution < -0.4 is 10.6 Å². The van der Waals surface area contributed by atoms with E-state index >= 15 is 0 Å². The smallest absolute Gasteiger partial charge is 0.318 e. The van der Waals surface area contributed by atoms with E-state index in [1.165, 1.54) is 0 Å². The zero-order valence-corrected chi connectivity index (χ0v) is 6.48. The van der Waals surface area contributed by atoms with Crippen molar-refractivity contribution in [2.75, 3.05) is 7.05 Å². The van der Waals surface area contributed by atoms with Gasteiger partial charge < -0.3 is 10.6 Å². The SMILES string of the molecule is CCC/C=C\NC(=O)NC. The summed E-state index contributed by atoms with van der Waals surface area (Å²) in [6.07, 6.45) is 5.69. The van der Waals surface area contributed by atoms with Gasteiger partial charge in [0.1, 0.15) is 0 Å². The number of carbonyl (C=O) groups is 1. The number of unbranched alkanes of at least 4 members (excludes halogenated alkanes) is 1. The minimum Gasteiger partial charge on any atom is -0.341 e. The van der Waals surface area contributed by atoms with Crippen molar-refractivity contribution in [3.05, 3.63) is 12.3 Å². The fourth-order valence-electron chi connectivity index (χ4n) is 0.457. The van der Waals surface area contributed by atoms with Crippen LogP contribution in [0.5, 0.6) is 0 Å². The number of hydrogen-bond acceptors (Lipinski definition) is 1. The molecule has 0 radical (unpaired) electrons. The molecule has 0 aliphatic carbocycles. The lowest BCUT2D eigenvalue weighted by Gasteiger charge is -1.95. The third-order valence-electron chi connectivity index (χ3n) is 1.01. The standard InChI is InChI=1S/C7H14N2O/c1-3-4-5-6-9-7(10)8-2/h5-6H,3-4H2,1-2H3,(H2,8,9,10)/b6-5-. The summed E-state index contributed by atoms with van der Waals surface area (Å²) in [5.74, 6) is 0. The van der Waals surface area contributed by atoms with E-state index in [0.717, 1.165) is 12.8 Å². The number of urea groups is 1. The highest BCUT2D eigenvalue weighted by molar-refractivity contribution is 5.74. The van der Waals surface area contributed by atoms with Gasteiger partial charge in [0.2, 0.25) is 0 Å². The molecule has 0 fully saturated rings. The van der Waals surface area contributed by atoms with Crippen LogP contribution in [0.1, 0.15) is 19.8 Å². The molecule has 0 spiro atoms. The molecule has 0 aromatic heterocycles. The molecule has 58 valence electrons. The summed E-state index contributed by atoms with van der Waals surface area (Å²) < 4.78 is 0. The van der Waals surface area contributed by atoms with E-state index in [4.69, 9.17) is 0 Å². The Hall–Kier alpha value is -0.990. The van der Waals surface area contributed by atoms with Gasteiger partial charge in [0.05, 0.1) is 0 Å². The minimum atomic E-state index is -0.174. The van der Waals surface area contributed by atoms with Gasteiger partial charge >= 0.3 is 6.03 Å². The highest BCUT2D eigenvalue weighted by Crippen LogP contribution is 1.85. The molecule has 0 aromatic carbocycles. The predicted octanol–water partition coefficient (Wildman–Crippen LogP) is 1.23. The average Bonchev–Trinajstić information content (AvgIpc) is 1.98. The second-order valence-corrected chi connectivity index (χ2v) is 1.91. The van der Waals surface area contributed by atoms with E-state index in [1.54, 1.807) is 13.2 Å². The second kappa shape index (κ2) is 6.13. The molecule has 0 unspecified atom stereocenters. The van der Waals surface area contributed by atoms with Crippen molar-refractivity contribution >= 4 is 6.03 Å². The van der Waals surface area contributed by atoms with E-state index in [9.17, 15) is 4.79 Å². The summed E-state index contributed by atoms with van der Waals surface area (Å²) in [6, 6.07) is -0.174. The van der Waals surface area contributed by atoms with Crippen molar-refractivity contribution in [3.63, 3.8) is 0 Å². The van der Waals surface area contributed by atoms with Crippen molar-refractivity contribution in [3.8, 4) is 0 Å². The van der Waals surface area contributed by atoms with Gasteiger partial charge in [-0.2, -0.15) is 0 Å². The predicted molar refractivity (Wildman–Crippen MR) is 41.6 cm³/mol. The highest BCUT2D eigenvalue weighted by Gasteiger charge is 1.86. The molecule has 10 heavy (non-hydrogen) atoms. The lowest BCUT2D eigenvalue weighted by Crippen LogP contribution is -2.28. The molecule has 0 aliphatic heterocycles. The van der Waals surface area contributed by atoms with E-state index in [-0.39, 0.29) is 6.03 Å². The molecular weight excluding hydrogens is 128 g/mol. The zero-order valence-electron chi connectivity index (χ0n) is 6.48. The van der Waals surface area contributed by atoms with Crippen molar-refractivity contribution in [2.45, 2.75) is 19.8 Å². The molecule has 3 heteroatoms. The van der Waals surface area contributed by atoms with Gasteiger partial charge in [0, 0.05) is 13.2 Å². The molecule has 0 aromatic rings. The summed E-state index contributed by atoms with van der Waals surface area (Å²) in [7, 11) is 1.59. The van der Waals surface area contributed by atoms with Crippen molar-refractivity contribution in [2.24, 2.45) is 0 Å². The number of allylic oxidation sites excluding steroid dienone is 1. The number of nitrogens with one attached hydrogen (secondary N) is 2. The van der Waals surface area contributed by atoms with Gasteiger partial charge in [0.15, 0.2) is 0 Å². The van der Waals surface area contributed by atoms with Gasteiger partial charge in [-0.05, 0) is 6.42 Å². The summed E-state index contributed by atoms with van der Waals surface area (Å²) in [4.78, 5) is 10.5. The fourth-order valence-corrected chi connectivity index (χ4v) is 0.457. The Kier molecular flexibility index (Phi) is 5.53. The van der Waals surface area contributed by atoms with E-state index in [1.807, 2.05) is 6.08 Å². The Morgan fingerprint density at radius 1 is 1.60 bits per heavy atom. The summed E-state index contributed by atoms with van der Waals surface area (Å²) in [5.41, 5.74) is 0. The largest absolute Gasteiger partial charge is 0.341 e. The maximum absolute atomic E-state index is 10.5. The Bertz CT molecular complexity index is 121. The molecule has 3 nitrogen and oxygen atoms in total. The van der Waals surface area contributed by atoms with Crippen LogP contribution in [0.2, 0.25) is 0 Å². The van der Waals surface area contributed by atoms with Crippen LogP contribution in [0.15, 0.2) is 12.3 Å². The number of hydrogen-bond donors (Lipinski definition) is 2. The Morgan fingerprint density at radius 2 is 2.30 bits per heavy atom. The first-order valence-electron chi connectivity index (χ1n) is 3.44. The summed E-state index contributed by atoms with van der Waals surface area (Å²) in [5, 5.41) is 4.98. The van der Waals surface area contributed by atoms with Gasteiger partial charge in [-0.3, -0.25) is 0 Å². The molecule has 0 rings (SSSR count). The topological polar surface area (TPSA) is 41.1 Å². The molecule has 0 atom stereocenters. The zero-order chi connectivity index (χ0) is 7.82. The lowest BCUT2D eigenvalue weighted by molar-refractivity contribution is 0.246. The van der Waals surface area contributed by atoms with Crippen LogP contribution in [-0.4, -0.2) is 13.1 Å². The molecule has 0 aliphatic rings. The molecular formula is C7H14N2O. The van der Waals surface area contributed by atoms with Crippen LogP contribution in [-0.2, 0) is 0 Å². The Balaban J connectivity index is 3.25. The van der Waals surface area contributed by atoms with Gasteiger partial charge in [-0.25, -0.2) is 4.79 Å². The van der Waals surface area contributed by atoms with Crippen molar-refractivity contribution in [1.29, 1.82) is 0 Å². The highest BCUT2D eigenvalue weighted by atomic mass is 16.2. The van der Waals surface area contributed by atoms with Crippen LogP contribution >= 0.6 is 0 Å². The number of carbonyl (C=O) groups excluding carboxylic acids is 1. The maximum Gasteiger partial charge on any atom is 0.318 e. The molecule has 0 heterocycles. The minimum absolute atomic E-state index is 0.174. The molecule has 0 saturated carbocycles. The van der Waals surface area contributed by atoms with Crippen LogP contribution in [0.4, 0.5) is 4.79 Å². The molecule has 0 saturated heterocycles. The average molecular weight is 142 g/mol. The van der Waals surface area contributed by atoms with Crippen molar-refractivity contribution in [1.82, 2.24) is 10.6 Å². The van der Waals surface area contributed by atoms with E-state index in [2.05, 4.69) is 17.6 Å². The molecule has 0 bridgehead atoms. The van der Waals surface area contributed by atoms with Crippen LogP contribution in [0, 0.1) is 0 Å². The maximum atomic E-state index is 10.5. The quantitative estimate of drug-likeness (QED) is 0.611. The van der Waals surface area contributed by atoms with Gasteiger partial charge in [-0.1, -0.05) is 19.4 Å². The number of amides is 2. The second-order valence-electron chi connectivity index (χ2n) is 1.91.